The topological polar surface area (TPSA) is 78.1 Å². The van der Waals surface area contributed by atoms with E-state index in [1.54, 1.807) is 24.3 Å². The first-order valence-electron chi connectivity index (χ1n) is 7.51. The van der Waals surface area contributed by atoms with E-state index in [0.717, 1.165) is 0 Å². The summed E-state index contributed by atoms with van der Waals surface area (Å²) in [4.78, 5) is 19.8. The predicted molar refractivity (Wildman–Crippen MR) is 97.6 cm³/mol. The first kappa shape index (κ1) is 17.6. The second kappa shape index (κ2) is 7.33. The van der Waals surface area contributed by atoms with Crippen LogP contribution in [0.15, 0.2) is 55.1 Å². The van der Waals surface area contributed by atoms with Crippen LogP contribution in [-0.2, 0) is 0 Å². The van der Waals surface area contributed by atoms with Gasteiger partial charge in [-0.05, 0) is 48.5 Å². The van der Waals surface area contributed by atoms with E-state index in [9.17, 15) is 9.18 Å². The first-order valence-corrected chi connectivity index (χ1v) is 7.89. The fourth-order valence-electron chi connectivity index (χ4n) is 2.18. The summed E-state index contributed by atoms with van der Waals surface area (Å²) in [7, 11) is 0. The molecule has 2 aromatic carbocycles. The average molecular weight is 370 g/mol. The van der Waals surface area contributed by atoms with Crippen LogP contribution in [-0.4, -0.2) is 15.9 Å². The van der Waals surface area contributed by atoms with Gasteiger partial charge in [0.25, 0.3) is 5.91 Å². The molecule has 0 radical (unpaired) electrons. The van der Waals surface area contributed by atoms with E-state index in [0.29, 0.717) is 27.9 Å². The number of nitrogens with zero attached hydrogens (tertiary/aromatic N) is 2. The van der Waals surface area contributed by atoms with Gasteiger partial charge >= 0.3 is 0 Å². The number of amides is 1. The molecule has 0 aliphatic heterocycles. The van der Waals surface area contributed by atoms with Crippen LogP contribution in [0.25, 0.3) is 17.5 Å². The molecule has 1 heterocycles. The fourth-order valence-corrected chi connectivity index (χ4v) is 2.34. The average Bonchev–Trinajstić information content (AvgIpc) is 2.65. The molecule has 5 nitrogen and oxygen atoms in total. The van der Waals surface area contributed by atoms with E-state index in [4.69, 9.17) is 22.1 Å². The zero-order chi connectivity index (χ0) is 18.7. The van der Waals surface area contributed by atoms with Crippen molar-refractivity contribution in [1.29, 1.82) is 0 Å². The van der Waals surface area contributed by atoms with E-state index >= 15 is 0 Å². The Morgan fingerprint density at radius 3 is 2.54 bits per heavy atom. The summed E-state index contributed by atoms with van der Waals surface area (Å²) in [6.07, 6.45) is 1.50. The van der Waals surface area contributed by atoms with Crippen LogP contribution in [0.4, 0.5) is 4.39 Å². The summed E-state index contributed by atoms with van der Waals surface area (Å²) < 4.78 is 19.2. The highest BCUT2D eigenvalue weighted by atomic mass is 35.5. The third-order valence-corrected chi connectivity index (χ3v) is 3.68. The highest BCUT2D eigenvalue weighted by molar-refractivity contribution is 6.30. The zero-order valence-corrected chi connectivity index (χ0v) is 14.2. The minimum Gasteiger partial charge on any atom is -0.454 e. The second-order valence-corrected chi connectivity index (χ2v) is 5.71. The van der Waals surface area contributed by atoms with Gasteiger partial charge in [-0.15, -0.1) is 0 Å². The number of primary amides is 1. The van der Waals surface area contributed by atoms with Crippen molar-refractivity contribution in [2.24, 2.45) is 5.73 Å². The third kappa shape index (κ3) is 3.87. The summed E-state index contributed by atoms with van der Waals surface area (Å²) in [6.45, 7) is 3.63. The molecule has 3 aromatic rings. The number of hydrogen-bond donors (Lipinski definition) is 1. The molecule has 3 rings (SSSR count). The zero-order valence-electron chi connectivity index (χ0n) is 13.4. The van der Waals surface area contributed by atoms with Crippen molar-refractivity contribution in [3.63, 3.8) is 0 Å². The second-order valence-electron chi connectivity index (χ2n) is 5.27. The van der Waals surface area contributed by atoms with Gasteiger partial charge in [0, 0.05) is 16.7 Å². The van der Waals surface area contributed by atoms with Crippen LogP contribution < -0.4 is 10.5 Å². The molecule has 0 bridgehead atoms. The van der Waals surface area contributed by atoms with Gasteiger partial charge in [0.2, 0.25) is 0 Å². The Kier molecular flexibility index (Phi) is 4.95. The standard InChI is InChI=1S/C19H13ClFN3O2/c1-2-13-10-16(18(22)25)24-19(23-13)11-3-6-14(7-4-11)26-17-9-12(20)5-8-15(17)21/h2-10H,1H2,(H2,22,25). The Bertz CT molecular complexity index is 991. The number of hydrogen-bond acceptors (Lipinski definition) is 4. The summed E-state index contributed by atoms with van der Waals surface area (Å²) in [5, 5.41) is 0.367. The minimum atomic E-state index is -0.659. The normalized spacial score (nSPS) is 10.4. The van der Waals surface area contributed by atoms with Crippen molar-refractivity contribution in [1.82, 2.24) is 9.97 Å². The minimum absolute atomic E-state index is 0.0196. The Morgan fingerprint density at radius 1 is 1.15 bits per heavy atom. The number of aromatic nitrogens is 2. The maximum atomic E-state index is 13.7. The molecule has 7 heteroatoms. The van der Waals surface area contributed by atoms with E-state index in [2.05, 4.69) is 16.5 Å². The first-order chi connectivity index (χ1) is 12.5. The molecule has 0 spiro atoms. The van der Waals surface area contributed by atoms with Crippen LogP contribution in [0.3, 0.4) is 0 Å². The van der Waals surface area contributed by atoms with Crippen LogP contribution in [0, 0.1) is 5.82 Å². The molecule has 130 valence electrons. The highest BCUT2D eigenvalue weighted by Crippen LogP contribution is 2.28. The predicted octanol–water partition coefficient (Wildman–Crippen LogP) is 4.47. The summed E-state index contributed by atoms with van der Waals surface area (Å²) in [5.74, 6) is -0.437. The van der Waals surface area contributed by atoms with Crippen molar-refractivity contribution in [2.75, 3.05) is 0 Å². The maximum Gasteiger partial charge on any atom is 0.267 e. The molecule has 1 aromatic heterocycles. The summed E-state index contributed by atoms with van der Waals surface area (Å²) >= 11 is 5.85. The Balaban J connectivity index is 1.90. The molecule has 0 saturated carbocycles. The number of benzene rings is 2. The van der Waals surface area contributed by atoms with Crippen LogP contribution in [0.1, 0.15) is 16.2 Å². The quantitative estimate of drug-likeness (QED) is 0.719. The van der Waals surface area contributed by atoms with Crippen molar-refractivity contribution in [3.05, 3.63) is 77.3 Å². The van der Waals surface area contributed by atoms with Crippen molar-refractivity contribution < 1.29 is 13.9 Å². The number of carbonyl (C=O) groups excluding carboxylic acids is 1. The molecule has 0 aliphatic carbocycles. The lowest BCUT2D eigenvalue weighted by Crippen LogP contribution is -2.14. The molecule has 1 amide bonds. The third-order valence-electron chi connectivity index (χ3n) is 3.44. The van der Waals surface area contributed by atoms with Gasteiger partial charge in [0.1, 0.15) is 11.4 Å². The molecule has 2 N–H and O–H groups in total. The smallest absolute Gasteiger partial charge is 0.267 e. The van der Waals surface area contributed by atoms with Crippen LogP contribution in [0.2, 0.25) is 5.02 Å². The molecule has 0 aliphatic rings. The van der Waals surface area contributed by atoms with Gasteiger partial charge in [-0.2, -0.15) is 0 Å². The van der Waals surface area contributed by atoms with E-state index < -0.39 is 11.7 Å². The lowest BCUT2D eigenvalue weighted by molar-refractivity contribution is 0.0995. The number of rotatable bonds is 5. The summed E-state index contributed by atoms with van der Waals surface area (Å²) in [6, 6.07) is 12.1. The Morgan fingerprint density at radius 2 is 1.88 bits per heavy atom. The van der Waals surface area contributed by atoms with E-state index in [1.165, 1.54) is 30.3 Å². The molecule has 0 fully saturated rings. The monoisotopic (exact) mass is 369 g/mol. The highest BCUT2D eigenvalue weighted by Gasteiger charge is 2.10. The molecular weight excluding hydrogens is 357 g/mol. The van der Waals surface area contributed by atoms with E-state index in [1.807, 2.05) is 0 Å². The largest absolute Gasteiger partial charge is 0.454 e. The fraction of sp³-hybridized carbons (Fsp3) is 0. The Labute approximate surface area is 153 Å². The number of nitrogens with two attached hydrogens (primary N) is 1. The number of halogens is 2. The van der Waals surface area contributed by atoms with Gasteiger partial charge in [-0.3, -0.25) is 4.79 Å². The molecule has 0 unspecified atom stereocenters. The molecular formula is C19H13ClFN3O2. The van der Waals surface area contributed by atoms with Gasteiger partial charge in [0.15, 0.2) is 17.4 Å². The van der Waals surface area contributed by atoms with Gasteiger partial charge in [0.05, 0.1) is 5.69 Å². The van der Waals surface area contributed by atoms with Gasteiger partial charge in [-0.1, -0.05) is 18.2 Å². The van der Waals surface area contributed by atoms with Crippen molar-refractivity contribution in [3.8, 4) is 22.9 Å². The number of carbonyl (C=O) groups is 1. The van der Waals surface area contributed by atoms with Gasteiger partial charge < -0.3 is 10.5 Å². The van der Waals surface area contributed by atoms with Gasteiger partial charge in [-0.25, -0.2) is 14.4 Å². The SMILES string of the molecule is C=Cc1cc(C(N)=O)nc(-c2ccc(Oc3cc(Cl)ccc3F)cc2)n1. The molecule has 26 heavy (non-hydrogen) atoms. The van der Waals surface area contributed by atoms with Crippen molar-refractivity contribution in [2.45, 2.75) is 0 Å². The lowest BCUT2D eigenvalue weighted by atomic mass is 10.2. The van der Waals surface area contributed by atoms with Crippen LogP contribution >= 0.6 is 11.6 Å². The maximum absolute atomic E-state index is 13.7. The number of ether oxygens (including phenoxy) is 1. The van der Waals surface area contributed by atoms with Crippen LogP contribution in [0.5, 0.6) is 11.5 Å². The lowest BCUT2D eigenvalue weighted by Gasteiger charge is -2.08. The Hall–Kier alpha value is -3.25. The van der Waals surface area contributed by atoms with E-state index in [-0.39, 0.29) is 11.4 Å². The molecule has 0 saturated heterocycles. The summed E-state index contributed by atoms with van der Waals surface area (Å²) in [5.41, 5.74) is 6.49. The van der Waals surface area contributed by atoms with Crippen molar-refractivity contribution >= 4 is 23.6 Å². The molecule has 0 atom stereocenters.